The van der Waals surface area contributed by atoms with Crippen molar-refractivity contribution in [1.29, 1.82) is 0 Å². The zero-order valence-electron chi connectivity index (χ0n) is 16.6. The molecule has 31 heavy (non-hydrogen) atoms. The molecule has 3 aromatic carbocycles. The van der Waals surface area contributed by atoms with E-state index in [9.17, 15) is 14.7 Å². The van der Waals surface area contributed by atoms with Crippen molar-refractivity contribution < 1.29 is 19.4 Å². The van der Waals surface area contributed by atoms with Crippen molar-refractivity contribution in [3.05, 3.63) is 88.4 Å². The molecule has 0 aliphatic heterocycles. The van der Waals surface area contributed by atoms with E-state index >= 15 is 0 Å². The molecule has 0 fully saturated rings. The number of rotatable bonds is 7. The first-order valence-electron chi connectivity index (χ1n) is 9.30. The van der Waals surface area contributed by atoms with Crippen LogP contribution in [0.15, 0.2) is 72.8 Å². The van der Waals surface area contributed by atoms with Crippen LogP contribution in [0.3, 0.4) is 0 Å². The SMILES string of the molecule is COc1ccccc1-c1ccc(Cl)c(Cl)c1C=CC(=O)N(CC(=O)O)c1ccccc1. The van der Waals surface area contributed by atoms with Crippen molar-refractivity contribution in [2.24, 2.45) is 0 Å². The maximum absolute atomic E-state index is 12.9. The van der Waals surface area contributed by atoms with E-state index in [1.165, 1.54) is 17.1 Å². The van der Waals surface area contributed by atoms with Gasteiger partial charge in [-0.05, 0) is 35.9 Å². The highest BCUT2D eigenvalue weighted by atomic mass is 35.5. The summed E-state index contributed by atoms with van der Waals surface area (Å²) in [6, 6.07) is 19.5. The molecule has 3 aromatic rings. The van der Waals surface area contributed by atoms with E-state index in [1.807, 2.05) is 24.3 Å². The van der Waals surface area contributed by atoms with E-state index in [1.54, 1.807) is 49.6 Å². The summed E-state index contributed by atoms with van der Waals surface area (Å²) < 4.78 is 5.45. The predicted octanol–water partition coefficient (Wildman–Crippen LogP) is 5.80. The molecule has 0 aliphatic carbocycles. The lowest BCUT2D eigenvalue weighted by atomic mass is 9.98. The Hall–Kier alpha value is -3.28. The van der Waals surface area contributed by atoms with Crippen LogP contribution in [0.2, 0.25) is 10.0 Å². The van der Waals surface area contributed by atoms with Gasteiger partial charge in [0, 0.05) is 22.9 Å². The van der Waals surface area contributed by atoms with Crippen LogP contribution in [0.5, 0.6) is 5.75 Å². The number of aliphatic carboxylic acids is 1. The number of amides is 1. The number of nitrogens with zero attached hydrogens (tertiary/aromatic N) is 1. The van der Waals surface area contributed by atoms with E-state index in [2.05, 4.69) is 0 Å². The van der Waals surface area contributed by atoms with Gasteiger partial charge in [-0.3, -0.25) is 14.5 Å². The molecule has 0 radical (unpaired) electrons. The molecule has 1 N–H and O–H groups in total. The highest BCUT2D eigenvalue weighted by Gasteiger charge is 2.18. The van der Waals surface area contributed by atoms with Gasteiger partial charge in [-0.15, -0.1) is 0 Å². The van der Waals surface area contributed by atoms with Gasteiger partial charge in [0.05, 0.1) is 17.2 Å². The number of anilines is 1. The first-order chi connectivity index (χ1) is 14.9. The molecule has 0 atom stereocenters. The van der Waals surface area contributed by atoms with Crippen molar-refractivity contribution in [3.8, 4) is 16.9 Å². The van der Waals surface area contributed by atoms with Crippen LogP contribution in [0.4, 0.5) is 5.69 Å². The molecule has 0 spiro atoms. The number of para-hydroxylation sites is 2. The lowest BCUT2D eigenvalue weighted by Gasteiger charge is -2.19. The third-order valence-electron chi connectivity index (χ3n) is 4.55. The van der Waals surface area contributed by atoms with E-state index < -0.39 is 18.4 Å². The molecule has 0 heterocycles. The van der Waals surface area contributed by atoms with E-state index in [-0.39, 0.29) is 5.02 Å². The average Bonchev–Trinajstić information content (AvgIpc) is 2.78. The summed E-state index contributed by atoms with van der Waals surface area (Å²) >= 11 is 12.7. The van der Waals surface area contributed by atoms with Gasteiger partial charge >= 0.3 is 5.97 Å². The smallest absolute Gasteiger partial charge is 0.323 e. The monoisotopic (exact) mass is 455 g/mol. The second-order valence-corrected chi connectivity index (χ2v) is 7.30. The van der Waals surface area contributed by atoms with Crippen LogP contribution in [0.1, 0.15) is 5.56 Å². The predicted molar refractivity (Wildman–Crippen MR) is 124 cm³/mol. The molecule has 5 nitrogen and oxygen atoms in total. The van der Waals surface area contributed by atoms with Crippen LogP contribution in [0, 0.1) is 0 Å². The average molecular weight is 456 g/mol. The molecule has 7 heteroatoms. The Balaban J connectivity index is 2.04. The number of carboxylic acids is 1. The molecular weight excluding hydrogens is 437 g/mol. The fourth-order valence-electron chi connectivity index (χ4n) is 3.12. The van der Waals surface area contributed by atoms with E-state index in [0.29, 0.717) is 22.0 Å². The summed E-state index contributed by atoms with van der Waals surface area (Å²) in [6.45, 7) is -0.476. The van der Waals surface area contributed by atoms with Crippen LogP contribution in [0.25, 0.3) is 17.2 Å². The van der Waals surface area contributed by atoms with E-state index in [4.69, 9.17) is 27.9 Å². The van der Waals surface area contributed by atoms with Gasteiger partial charge in [-0.25, -0.2) is 0 Å². The Morgan fingerprint density at radius 1 is 0.968 bits per heavy atom. The van der Waals surface area contributed by atoms with Crippen molar-refractivity contribution in [1.82, 2.24) is 0 Å². The van der Waals surface area contributed by atoms with Gasteiger partial charge in [0.2, 0.25) is 0 Å². The van der Waals surface area contributed by atoms with Crippen molar-refractivity contribution in [3.63, 3.8) is 0 Å². The first-order valence-corrected chi connectivity index (χ1v) is 10.1. The Labute approximate surface area is 190 Å². The highest BCUT2D eigenvalue weighted by molar-refractivity contribution is 6.43. The maximum atomic E-state index is 12.9. The fourth-order valence-corrected chi connectivity index (χ4v) is 3.51. The zero-order chi connectivity index (χ0) is 22.4. The van der Waals surface area contributed by atoms with Gasteiger partial charge in [-0.2, -0.15) is 0 Å². The zero-order valence-corrected chi connectivity index (χ0v) is 18.1. The van der Waals surface area contributed by atoms with Crippen LogP contribution in [-0.4, -0.2) is 30.6 Å². The molecule has 0 saturated carbocycles. The van der Waals surface area contributed by atoms with Crippen LogP contribution in [-0.2, 0) is 9.59 Å². The molecule has 1 amide bonds. The Morgan fingerprint density at radius 2 is 1.65 bits per heavy atom. The molecule has 0 aromatic heterocycles. The van der Waals surface area contributed by atoms with Crippen molar-refractivity contribution >= 4 is 46.8 Å². The molecule has 158 valence electrons. The van der Waals surface area contributed by atoms with Gasteiger partial charge in [-0.1, -0.05) is 65.7 Å². The topological polar surface area (TPSA) is 66.8 Å². The second kappa shape index (κ2) is 10.2. The van der Waals surface area contributed by atoms with Crippen LogP contribution < -0.4 is 9.64 Å². The number of benzene rings is 3. The number of carbonyl (C=O) groups is 2. The summed E-state index contributed by atoms with van der Waals surface area (Å²) in [4.78, 5) is 25.4. The summed E-state index contributed by atoms with van der Waals surface area (Å²) in [6.07, 6.45) is 2.82. The largest absolute Gasteiger partial charge is 0.496 e. The number of carbonyl (C=O) groups excluding carboxylic acids is 1. The number of halogens is 2. The third-order valence-corrected chi connectivity index (χ3v) is 5.37. The summed E-state index contributed by atoms with van der Waals surface area (Å²) in [5.41, 5.74) is 2.50. The van der Waals surface area contributed by atoms with Crippen molar-refractivity contribution in [2.45, 2.75) is 0 Å². The van der Waals surface area contributed by atoms with Gasteiger partial charge in [0.25, 0.3) is 5.91 Å². The van der Waals surface area contributed by atoms with E-state index in [0.717, 1.165) is 11.1 Å². The Bertz CT molecular complexity index is 1130. The molecule has 0 unspecified atom stereocenters. The maximum Gasteiger partial charge on any atom is 0.323 e. The number of carboxylic acid groups (broad SMARTS) is 1. The summed E-state index contributed by atoms with van der Waals surface area (Å²) in [7, 11) is 1.57. The molecule has 0 bridgehead atoms. The number of hydrogen-bond donors (Lipinski definition) is 1. The fraction of sp³-hybridized carbons (Fsp3) is 0.0833. The minimum Gasteiger partial charge on any atom is -0.496 e. The summed E-state index contributed by atoms with van der Waals surface area (Å²) in [5, 5.41) is 9.85. The Kier molecular flexibility index (Phi) is 7.34. The Morgan fingerprint density at radius 3 is 2.32 bits per heavy atom. The number of methoxy groups -OCH3 is 1. The normalized spacial score (nSPS) is 10.8. The first kappa shape index (κ1) is 22.4. The minimum atomic E-state index is -1.12. The molecule has 0 saturated heterocycles. The summed E-state index contributed by atoms with van der Waals surface area (Å²) in [5.74, 6) is -0.990. The number of ether oxygens (including phenoxy) is 1. The standard InChI is InChI=1S/C24H19Cl2NO4/c1-31-21-10-6-5-9-18(21)17-11-13-20(25)24(26)19(17)12-14-22(28)27(15-23(29)30)16-7-3-2-4-8-16/h2-14H,15H2,1H3,(H,29,30). The molecule has 3 rings (SSSR count). The molecule has 0 aliphatic rings. The lowest BCUT2D eigenvalue weighted by molar-refractivity contribution is -0.136. The second-order valence-electron chi connectivity index (χ2n) is 6.51. The van der Waals surface area contributed by atoms with Crippen LogP contribution >= 0.6 is 23.2 Å². The van der Waals surface area contributed by atoms with Gasteiger partial charge in [0.1, 0.15) is 12.3 Å². The number of hydrogen-bond acceptors (Lipinski definition) is 3. The quantitative estimate of drug-likeness (QED) is 0.457. The third kappa shape index (κ3) is 5.26. The highest BCUT2D eigenvalue weighted by Crippen LogP contribution is 2.39. The van der Waals surface area contributed by atoms with Gasteiger partial charge in [0.15, 0.2) is 0 Å². The van der Waals surface area contributed by atoms with Crippen molar-refractivity contribution in [2.75, 3.05) is 18.6 Å². The minimum absolute atomic E-state index is 0.276. The van der Waals surface area contributed by atoms with Gasteiger partial charge < -0.3 is 9.84 Å². The lowest BCUT2D eigenvalue weighted by Crippen LogP contribution is -2.34. The molecular formula is C24H19Cl2NO4.